The molecule has 0 atom stereocenters. The molecule has 0 aliphatic rings. The van der Waals surface area contributed by atoms with Crippen LogP contribution in [-0.4, -0.2) is 0 Å². The van der Waals surface area contributed by atoms with Crippen molar-refractivity contribution in [1.29, 1.82) is 0 Å². The van der Waals surface area contributed by atoms with Crippen molar-refractivity contribution >= 4 is 26.7 Å². The Morgan fingerprint density at radius 3 is 1.73 bits per heavy atom. The van der Waals surface area contributed by atoms with Crippen LogP contribution in [0.3, 0.4) is 0 Å². The Balaban J connectivity index is 2.04. The van der Waals surface area contributed by atoms with Crippen molar-refractivity contribution < 1.29 is 4.42 Å². The first-order valence-electron chi connectivity index (χ1n) is 7.16. The van der Waals surface area contributed by atoms with Gasteiger partial charge >= 0.3 is 0 Å². The van der Waals surface area contributed by atoms with Gasteiger partial charge in [0.15, 0.2) is 0 Å². The van der Waals surface area contributed by atoms with Crippen LogP contribution in [0.4, 0.5) is 0 Å². The first-order valence-corrected chi connectivity index (χ1v) is 7.95. The van der Waals surface area contributed by atoms with E-state index in [9.17, 15) is 0 Å². The summed E-state index contributed by atoms with van der Waals surface area (Å²) in [6.07, 6.45) is 0. The average Bonchev–Trinajstić information content (AvgIpc) is 2.95. The Morgan fingerprint density at radius 2 is 1.14 bits per heavy atom. The number of rotatable bonds is 2. The molecule has 0 aliphatic carbocycles. The van der Waals surface area contributed by atoms with Gasteiger partial charge in [0.2, 0.25) is 0 Å². The Labute approximate surface area is 137 Å². The van der Waals surface area contributed by atoms with Crippen molar-refractivity contribution in [1.82, 2.24) is 0 Å². The molecule has 1 heterocycles. The summed E-state index contributed by atoms with van der Waals surface area (Å²) in [7, 11) is 0. The smallest absolute Gasteiger partial charge is 0.142 e. The lowest BCUT2D eigenvalue weighted by Crippen LogP contribution is -1.74. The minimum atomic E-state index is 0.913. The molecule has 0 radical (unpaired) electrons. The van der Waals surface area contributed by atoms with Gasteiger partial charge < -0.3 is 4.42 Å². The number of furan rings is 1. The lowest BCUT2D eigenvalue weighted by molar-refractivity contribution is 0.602. The lowest BCUT2D eigenvalue weighted by Gasteiger charge is -1.98. The third-order valence-electron chi connectivity index (χ3n) is 3.75. The molecule has 106 valence electrons. The van der Waals surface area contributed by atoms with Crippen LogP contribution in [0.1, 0.15) is 0 Å². The zero-order valence-electron chi connectivity index (χ0n) is 11.8. The monoisotopic (exact) mass is 348 g/mol. The lowest BCUT2D eigenvalue weighted by atomic mass is 10.0. The van der Waals surface area contributed by atoms with Gasteiger partial charge in [0.1, 0.15) is 11.5 Å². The molecule has 0 unspecified atom stereocenters. The van der Waals surface area contributed by atoms with Crippen LogP contribution in [-0.2, 0) is 0 Å². The number of halogens is 1. The van der Waals surface area contributed by atoms with Gasteiger partial charge in [-0.3, -0.25) is 0 Å². The fraction of sp³-hybridized carbons (Fsp3) is 0. The summed E-state index contributed by atoms with van der Waals surface area (Å²) >= 11 is 3.56. The van der Waals surface area contributed by atoms with Crippen LogP contribution < -0.4 is 0 Å². The largest absolute Gasteiger partial charge is 0.455 e. The van der Waals surface area contributed by atoms with Crippen molar-refractivity contribution in [2.75, 3.05) is 0 Å². The molecule has 0 saturated carbocycles. The predicted molar refractivity (Wildman–Crippen MR) is 94.8 cm³/mol. The maximum Gasteiger partial charge on any atom is 0.142 e. The molecule has 0 bridgehead atoms. The van der Waals surface area contributed by atoms with Crippen LogP contribution in [0, 0.1) is 0 Å². The van der Waals surface area contributed by atoms with Crippen LogP contribution in [0.2, 0.25) is 0 Å². The van der Waals surface area contributed by atoms with Crippen molar-refractivity contribution in [3.8, 4) is 22.6 Å². The highest BCUT2D eigenvalue weighted by atomic mass is 79.9. The molecule has 0 fully saturated rings. The molecule has 0 spiro atoms. The Bertz CT molecular complexity index is 924. The number of hydrogen-bond acceptors (Lipinski definition) is 1. The Hall–Kier alpha value is -2.32. The molecule has 3 aromatic carbocycles. The Kier molecular flexibility index (Phi) is 3.32. The highest BCUT2D eigenvalue weighted by Gasteiger charge is 2.16. The molecular weight excluding hydrogens is 336 g/mol. The molecule has 0 N–H and O–H groups in total. The van der Waals surface area contributed by atoms with E-state index in [4.69, 9.17) is 4.42 Å². The highest BCUT2D eigenvalue weighted by Crippen LogP contribution is 2.40. The zero-order valence-corrected chi connectivity index (χ0v) is 13.4. The molecule has 0 aliphatic heterocycles. The van der Waals surface area contributed by atoms with Gasteiger partial charge in [-0.2, -0.15) is 0 Å². The van der Waals surface area contributed by atoms with Crippen molar-refractivity contribution in [3.05, 3.63) is 83.3 Å². The number of fused-ring (bicyclic) bond motifs is 1. The minimum Gasteiger partial charge on any atom is -0.455 e. The minimum absolute atomic E-state index is 0.913. The van der Waals surface area contributed by atoms with Gasteiger partial charge in [0, 0.05) is 26.4 Å². The van der Waals surface area contributed by atoms with Gasteiger partial charge in [-0.1, -0.05) is 76.6 Å². The molecule has 1 aromatic heterocycles. The molecule has 0 amide bonds. The van der Waals surface area contributed by atoms with Crippen LogP contribution in [0.15, 0.2) is 87.8 Å². The highest BCUT2D eigenvalue weighted by molar-refractivity contribution is 9.10. The van der Waals surface area contributed by atoms with Crippen LogP contribution >= 0.6 is 15.9 Å². The number of hydrogen-bond donors (Lipinski definition) is 0. The van der Waals surface area contributed by atoms with E-state index in [1.165, 1.54) is 0 Å². The number of benzene rings is 3. The average molecular weight is 349 g/mol. The third kappa shape index (κ3) is 2.26. The standard InChI is InChI=1S/C20H13BrO/c21-16-11-12-17-18(13-16)20(15-9-5-2-6-10-15)22-19(17)14-7-3-1-4-8-14/h1-13H. The summed E-state index contributed by atoms with van der Waals surface area (Å²) in [6, 6.07) is 26.8. The molecule has 22 heavy (non-hydrogen) atoms. The van der Waals surface area contributed by atoms with E-state index in [-0.39, 0.29) is 0 Å². The van der Waals surface area contributed by atoms with Gasteiger partial charge in [-0.05, 0) is 18.2 Å². The Morgan fingerprint density at radius 1 is 0.591 bits per heavy atom. The van der Waals surface area contributed by atoms with Gasteiger partial charge in [0.25, 0.3) is 0 Å². The summed E-state index contributed by atoms with van der Waals surface area (Å²) < 4.78 is 7.32. The van der Waals surface area contributed by atoms with Crippen molar-refractivity contribution in [2.45, 2.75) is 0 Å². The van der Waals surface area contributed by atoms with E-state index < -0.39 is 0 Å². The van der Waals surface area contributed by atoms with Crippen LogP contribution in [0.5, 0.6) is 0 Å². The summed E-state index contributed by atoms with van der Waals surface area (Å²) in [5.41, 5.74) is 2.18. The quantitative estimate of drug-likeness (QED) is 0.401. The van der Waals surface area contributed by atoms with E-state index in [1.807, 2.05) is 36.4 Å². The van der Waals surface area contributed by atoms with E-state index >= 15 is 0 Å². The van der Waals surface area contributed by atoms with E-state index in [0.29, 0.717) is 0 Å². The summed E-state index contributed by atoms with van der Waals surface area (Å²) in [6.45, 7) is 0. The molecular formula is C20H13BrO. The first kappa shape index (κ1) is 13.4. The van der Waals surface area contributed by atoms with E-state index in [0.717, 1.165) is 37.9 Å². The second kappa shape index (κ2) is 5.47. The zero-order chi connectivity index (χ0) is 14.9. The maximum atomic E-state index is 6.27. The maximum absolute atomic E-state index is 6.27. The first-order chi connectivity index (χ1) is 10.8. The second-order valence-corrected chi connectivity index (χ2v) is 6.10. The molecule has 2 heteroatoms. The van der Waals surface area contributed by atoms with Crippen molar-refractivity contribution in [2.24, 2.45) is 0 Å². The fourth-order valence-corrected chi connectivity index (χ4v) is 3.08. The SMILES string of the molecule is Brc1ccc2c(-c3ccccc3)oc(-c3ccccc3)c2c1. The molecule has 4 rings (SSSR count). The van der Waals surface area contributed by atoms with Gasteiger partial charge in [-0.25, -0.2) is 0 Å². The van der Waals surface area contributed by atoms with E-state index in [1.54, 1.807) is 0 Å². The summed E-state index contributed by atoms with van der Waals surface area (Å²) in [5.74, 6) is 1.83. The normalized spacial score (nSPS) is 11.0. The fourth-order valence-electron chi connectivity index (χ4n) is 2.72. The molecule has 0 saturated heterocycles. The molecule has 1 nitrogen and oxygen atoms in total. The van der Waals surface area contributed by atoms with Gasteiger partial charge in [0.05, 0.1) is 0 Å². The summed E-state index contributed by atoms with van der Waals surface area (Å²) in [5, 5.41) is 2.26. The second-order valence-electron chi connectivity index (χ2n) is 5.18. The third-order valence-corrected chi connectivity index (χ3v) is 4.24. The van der Waals surface area contributed by atoms with Gasteiger partial charge in [-0.15, -0.1) is 0 Å². The molecule has 4 aromatic rings. The van der Waals surface area contributed by atoms with Crippen LogP contribution in [0.25, 0.3) is 33.4 Å². The van der Waals surface area contributed by atoms with E-state index in [2.05, 4.69) is 58.4 Å². The van der Waals surface area contributed by atoms with Crippen molar-refractivity contribution in [3.63, 3.8) is 0 Å². The summed E-state index contributed by atoms with van der Waals surface area (Å²) in [4.78, 5) is 0. The predicted octanol–water partition coefficient (Wildman–Crippen LogP) is 6.53. The topological polar surface area (TPSA) is 13.1 Å².